The maximum Gasteiger partial charge on any atom is 0.268 e. The normalized spacial score (nSPS) is 13.9. The van der Waals surface area contributed by atoms with Gasteiger partial charge < -0.3 is 20.9 Å². The molecule has 2 rings (SSSR count). The van der Waals surface area contributed by atoms with Gasteiger partial charge in [-0.2, -0.15) is 0 Å². The number of imidazole rings is 1. The Morgan fingerprint density at radius 3 is 2.85 bits per heavy atom. The lowest BCUT2D eigenvalue weighted by Gasteiger charge is -2.15. The second kappa shape index (κ2) is 5.75. The molecule has 6 nitrogen and oxygen atoms in total. The Balaban J connectivity index is 2.06. The van der Waals surface area contributed by atoms with Crippen molar-refractivity contribution in [1.82, 2.24) is 9.97 Å². The van der Waals surface area contributed by atoms with Crippen molar-refractivity contribution in [2.75, 3.05) is 0 Å². The van der Waals surface area contributed by atoms with Gasteiger partial charge in [-0.15, -0.1) is 0 Å². The maximum atomic E-state index is 11.0. The number of carbonyl (C=O) groups excluding carboxylic acids is 1. The molecule has 0 aliphatic carbocycles. The average molecular weight is 275 g/mol. The molecule has 0 saturated heterocycles. The Bertz CT molecular complexity index is 609. The van der Waals surface area contributed by atoms with Gasteiger partial charge in [0.25, 0.3) is 5.91 Å². The Labute approximate surface area is 116 Å². The highest BCUT2D eigenvalue weighted by atomic mass is 16.3. The van der Waals surface area contributed by atoms with Gasteiger partial charge >= 0.3 is 0 Å². The van der Waals surface area contributed by atoms with Crippen LogP contribution in [0, 0.1) is 0 Å². The Hall–Kier alpha value is -2.34. The van der Waals surface area contributed by atoms with E-state index in [1.165, 1.54) is 12.3 Å². The molecule has 6 heteroatoms. The van der Waals surface area contributed by atoms with Crippen molar-refractivity contribution in [3.8, 4) is 5.75 Å². The highest BCUT2D eigenvalue weighted by Gasteiger charge is 2.17. The molecule has 0 radical (unpaired) electrons. The zero-order chi connectivity index (χ0) is 14.7. The summed E-state index contributed by atoms with van der Waals surface area (Å²) in [5.41, 5.74) is 5.95. The first-order chi connectivity index (χ1) is 9.47. The Morgan fingerprint density at radius 2 is 2.25 bits per heavy atom. The fraction of sp³-hybridized carbons (Fsp3) is 0.286. The van der Waals surface area contributed by atoms with Gasteiger partial charge in [0.2, 0.25) is 0 Å². The van der Waals surface area contributed by atoms with Crippen molar-refractivity contribution in [1.29, 1.82) is 0 Å². The van der Waals surface area contributed by atoms with E-state index in [1.54, 1.807) is 18.2 Å². The number of hydrogen-bond acceptors (Lipinski definition) is 4. The Kier molecular flexibility index (Phi) is 4.05. The van der Waals surface area contributed by atoms with Crippen LogP contribution < -0.4 is 5.73 Å². The number of aliphatic hydroxyl groups excluding tert-OH is 1. The fourth-order valence-electron chi connectivity index (χ4n) is 2.03. The number of aliphatic hydroxyl groups is 1. The number of nitrogens with two attached hydrogens (primary N) is 1. The molecule has 0 aliphatic rings. The molecular weight excluding hydrogens is 258 g/mol. The zero-order valence-electron chi connectivity index (χ0n) is 11.1. The third kappa shape index (κ3) is 3.16. The summed E-state index contributed by atoms with van der Waals surface area (Å²) in [6, 6.07) is 6.49. The molecule has 0 fully saturated rings. The van der Waals surface area contributed by atoms with Crippen molar-refractivity contribution >= 4 is 5.91 Å². The number of benzene rings is 1. The van der Waals surface area contributed by atoms with Crippen molar-refractivity contribution in [2.45, 2.75) is 25.4 Å². The van der Waals surface area contributed by atoms with Crippen molar-refractivity contribution in [2.24, 2.45) is 5.73 Å². The van der Waals surface area contributed by atoms with Gasteiger partial charge in [0.1, 0.15) is 17.3 Å². The maximum absolute atomic E-state index is 11.0. The number of aromatic nitrogens is 2. The monoisotopic (exact) mass is 275 g/mol. The summed E-state index contributed by atoms with van der Waals surface area (Å²) in [5, 5.41) is 19.5. The van der Waals surface area contributed by atoms with Crippen LogP contribution >= 0.6 is 0 Å². The van der Waals surface area contributed by atoms with Gasteiger partial charge in [0, 0.05) is 12.1 Å². The molecule has 0 saturated carbocycles. The minimum absolute atomic E-state index is 0.0829. The van der Waals surface area contributed by atoms with E-state index >= 15 is 0 Å². The van der Waals surface area contributed by atoms with Crippen LogP contribution in [0.3, 0.4) is 0 Å². The summed E-state index contributed by atoms with van der Waals surface area (Å²) in [6.45, 7) is 1.88. The average Bonchev–Trinajstić information content (AvgIpc) is 2.88. The lowest BCUT2D eigenvalue weighted by atomic mass is 9.97. The molecular formula is C14H17N3O3. The number of primary amides is 1. The standard InChI is InChI=1S/C14H17N3O3/c1-8(14-16-7-11(17-14)13(15)20)5-12(19)9-3-2-4-10(18)6-9/h2-4,6-8,12,18-19H,5H2,1H3,(H2,15,20)(H,16,17). The van der Waals surface area contributed by atoms with Crippen LogP contribution in [0.1, 0.15) is 47.2 Å². The van der Waals surface area contributed by atoms with E-state index in [4.69, 9.17) is 5.73 Å². The summed E-state index contributed by atoms with van der Waals surface area (Å²) in [7, 11) is 0. The molecule has 0 bridgehead atoms. The summed E-state index contributed by atoms with van der Waals surface area (Å²) in [4.78, 5) is 17.9. The molecule has 1 heterocycles. The smallest absolute Gasteiger partial charge is 0.268 e. The molecule has 0 spiro atoms. The van der Waals surface area contributed by atoms with Crippen LogP contribution in [0.15, 0.2) is 30.5 Å². The first-order valence-electron chi connectivity index (χ1n) is 6.29. The van der Waals surface area contributed by atoms with Crippen LogP contribution in [-0.4, -0.2) is 26.1 Å². The first-order valence-corrected chi connectivity index (χ1v) is 6.29. The number of aromatic amines is 1. The van der Waals surface area contributed by atoms with Gasteiger partial charge in [-0.1, -0.05) is 19.1 Å². The predicted octanol–water partition coefficient (Wildman–Crippen LogP) is 1.44. The molecule has 106 valence electrons. The number of nitrogens with one attached hydrogen (secondary N) is 1. The van der Waals surface area contributed by atoms with Crippen LogP contribution in [0.25, 0.3) is 0 Å². The van der Waals surface area contributed by atoms with E-state index in [2.05, 4.69) is 9.97 Å². The quantitative estimate of drug-likeness (QED) is 0.661. The number of hydrogen-bond donors (Lipinski definition) is 4. The summed E-state index contributed by atoms with van der Waals surface area (Å²) in [5.74, 6) is 0.0369. The summed E-state index contributed by atoms with van der Waals surface area (Å²) >= 11 is 0. The number of phenols is 1. The van der Waals surface area contributed by atoms with E-state index in [-0.39, 0.29) is 17.4 Å². The van der Waals surface area contributed by atoms with Crippen molar-refractivity contribution < 1.29 is 15.0 Å². The number of amides is 1. The lowest BCUT2D eigenvalue weighted by molar-refractivity contribution is 0.0996. The first kappa shape index (κ1) is 14.1. The predicted molar refractivity (Wildman–Crippen MR) is 73.2 cm³/mol. The van der Waals surface area contributed by atoms with E-state index in [1.807, 2.05) is 6.92 Å². The van der Waals surface area contributed by atoms with Gasteiger partial charge in [-0.05, 0) is 24.1 Å². The summed E-state index contributed by atoms with van der Waals surface area (Å²) in [6.07, 6.45) is 1.14. The molecule has 1 amide bonds. The zero-order valence-corrected chi connectivity index (χ0v) is 11.1. The number of H-pyrrole nitrogens is 1. The van der Waals surface area contributed by atoms with E-state index in [0.717, 1.165) is 0 Å². The van der Waals surface area contributed by atoms with Crippen LogP contribution in [0.5, 0.6) is 5.75 Å². The molecule has 1 aromatic carbocycles. The Morgan fingerprint density at radius 1 is 1.50 bits per heavy atom. The molecule has 2 aromatic rings. The van der Waals surface area contributed by atoms with Crippen molar-refractivity contribution in [3.05, 3.63) is 47.5 Å². The van der Waals surface area contributed by atoms with Crippen molar-refractivity contribution in [3.63, 3.8) is 0 Å². The lowest BCUT2D eigenvalue weighted by Crippen LogP contribution is -2.11. The molecule has 2 unspecified atom stereocenters. The molecule has 1 aromatic heterocycles. The van der Waals surface area contributed by atoms with E-state index in [0.29, 0.717) is 17.8 Å². The van der Waals surface area contributed by atoms with E-state index in [9.17, 15) is 15.0 Å². The fourth-order valence-corrected chi connectivity index (χ4v) is 2.03. The number of carbonyl (C=O) groups is 1. The molecule has 2 atom stereocenters. The molecule has 20 heavy (non-hydrogen) atoms. The van der Waals surface area contributed by atoms with Crippen LogP contribution in [-0.2, 0) is 0 Å². The van der Waals surface area contributed by atoms with Gasteiger partial charge in [-0.25, -0.2) is 4.98 Å². The van der Waals surface area contributed by atoms with Gasteiger partial charge in [0.05, 0.1) is 6.10 Å². The topological polar surface area (TPSA) is 112 Å². The second-order valence-corrected chi connectivity index (χ2v) is 4.78. The van der Waals surface area contributed by atoms with Crippen LogP contribution in [0.4, 0.5) is 0 Å². The van der Waals surface area contributed by atoms with E-state index < -0.39 is 12.0 Å². The third-order valence-corrected chi connectivity index (χ3v) is 3.15. The SMILES string of the molecule is CC(CC(O)c1cccc(O)c1)c1nc(C(N)=O)c[nH]1. The van der Waals surface area contributed by atoms with Crippen LogP contribution in [0.2, 0.25) is 0 Å². The molecule has 0 aliphatic heterocycles. The number of nitrogens with zero attached hydrogens (tertiary/aromatic N) is 1. The number of rotatable bonds is 5. The molecule has 5 N–H and O–H groups in total. The number of aromatic hydroxyl groups is 1. The van der Waals surface area contributed by atoms with Gasteiger partial charge in [0.15, 0.2) is 0 Å². The largest absolute Gasteiger partial charge is 0.508 e. The highest BCUT2D eigenvalue weighted by Crippen LogP contribution is 2.27. The van der Waals surface area contributed by atoms with Gasteiger partial charge in [-0.3, -0.25) is 4.79 Å². The third-order valence-electron chi connectivity index (χ3n) is 3.15. The highest BCUT2D eigenvalue weighted by molar-refractivity contribution is 5.90. The summed E-state index contributed by atoms with van der Waals surface area (Å²) < 4.78 is 0. The minimum atomic E-state index is -0.723. The second-order valence-electron chi connectivity index (χ2n) is 4.78. The number of phenolic OH excluding ortho intramolecular Hbond substituents is 1. The minimum Gasteiger partial charge on any atom is -0.508 e.